The van der Waals surface area contributed by atoms with E-state index in [9.17, 15) is 0 Å². The van der Waals surface area contributed by atoms with Crippen LogP contribution in [0.15, 0.2) is 0 Å². The van der Waals surface area contributed by atoms with Gasteiger partial charge in [0, 0.05) is 11.0 Å². The highest BCUT2D eigenvalue weighted by Gasteiger charge is 2.33. The molecule has 0 aromatic rings. The third kappa shape index (κ3) is 4.05. The lowest BCUT2D eigenvalue weighted by molar-refractivity contribution is -0.0299. The minimum atomic E-state index is 0.242. The summed E-state index contributed by atoms with van der Waals surface area (Å²) in [5, 5.41) is 0. The van der Waals surface area contributed by atoms with Crippen molar-refractivity contribution in [1.82, 2.24) is 0 Å². The van der Waals surface area contributed by atoms with Gasteiger partial charge in [-0.05, 0) is 24.7 Å². The molecule has 0 N–H and O–H groups in total. The average Bonchev–Trinajstić information content (AvgIpc) is 2.52. The zero-order valence-corrected chi connectivity index (χ0v) is 11.9. The maximum atomic E-state index is 6.11. The van der Waals surface area contributed by atoms with Crippen molar-refractivity contribution in [3.05, 3.63) is 0 Å². The second kappa shape index (κ2) is 5.15. The SMILES string of the molecule is CC(C)(C)CCOC1(CI)CCCC1. The van der Waals surface area contributed by atoms with Crippen molar-refractivity contribution < 1.29 is 4.74 Å². The van der Waals surface area contributed by atoms with Crippen LogP contribution in [-0.4, -0.2) is 16.6 Å². The van der Waals surface area contributed by atoms with Gasteiger partial charge >= 0.3 is 0 Å². The predicted octanol–water partition coefficient (Wildman–Crippen LogP) is 4.19. The monoisotopic (exact) mass is 310 g/mol. The van der Waals surface area contributed by atoms with E-state index >= 15 is 0 Å². The number of hydrogen-bond donors (Lipinski definition) is 0. The standard InChI is InChI=1S/C12H23IO/c1-11(2,3)8-9-14-12(10-13)6-4-5-7-12/h4-10H2,1-3H3. The first kappa shape index (κ1) is 12.8. The molecule has 1 rings (SSSR count). The minimum Gasteiger partial charge on any atom is -0.374 e. The molecule has 0 amide bonds. The van der Waals surface area contributed by atoms with Crippen LogP contribution in [-0.2, 0) is 4.74 Å². The van der Waals surface area contributed by atoms with Gasteiger partial charge in [0.15, 0.2) is 0 Å². The zero-order chi connectivity index (χ0) is 10.7. The van der Waals surface area contributed by atoms with Gasteiger partial charge in [-0.1, -0.05) is 56.2 Å². The van der Waals surface area contributed by atoms with Crippen molar-refractivity contribution in [3.63, 3.8) is 0 Å². The lowest BCUT2D eigenvalue weighted by Gasteiger charge is -2.29. The van der Waals surface area contributed by atoms with Gasteiger partial charge in [-0.25, -0.2) is 0 Å². The number of ether oxygens (including phenoxy) is 1. The molecule has 0 aromatic heterocycles. The van der Waals surface area contributed by atoms with Gasteiger partial charge in [-0.15, -0.1) is 0 Å². The van der Waals surface area contributed by atoms with Crippen LogP contribution in [0.2, 0.25) is 0 Å². The van der Waals surface area contributed by atoms with Crippen molar-refractivity contribution in [1.29, 1.82) is 0 Å². The molecule has 1 nitrogen and oxygen atoms in total. The molecule has 1 saturated carbocycles. The van der Waals surface area contributed by atoms with E-state index in [0.717, 1.165) is 11.0 Å². The molecular weight excluding hydrogens is 287 g/mol. The van der Waals surface area contributed by atoms with Gasteiger partial charge in [-0.3, -0.25) is 0 Å². The second-order valence-corrected chi connectivity index (χ2v) is 6.45. The Balaban J connectivity index is 2.28. The van der Waals surface area contributed by atoms with Crippen molar-refractivity contribution in [3.8, 4) is 0 Å². The molecular formula is C12H23IO. The maximum absolute atomic E-state index is 6.11. The summed E-state index contributed by atoms with van der Waals surface area (Å²) in [4.78, 5) is 0. The first-order valence-corrected chi connectivity index (χ1v) is 7.20. The molecule has 0 aliphatic heterocycles. The molecule has 0 radical (unpaired) electrons. The van der Waals surface area contributed by atoms with E-state index in [1.807, 2.05) is 0 Å². The van der Waals surface area contributed by atoms with Gasteiger partial charge in [0.25, 0.3) is 0 Å². The van der Waals surface area contributed by atoms with Crippen molar-refractivity contribution >= 4 is 22.6 Å². The van der Waals surface area contributed by atoms with Gasteiger partial charge in [0.2, 0.25) is 0 Å². The zero-order valence-electron chi connectivity index (χ0n) is 9.74. The normalized spacial score (nSPS) is 21.4. The average molecular weight is 310 g/mol. The van der Waals surface area contributed by atoms with E-state index in [-0.39, 0.29) is 5.60 Å². The number of hydrogen-bond acceptors (Lipinski definition) is 1. The summed E-state index contributed by atoms with van der Waals surface area (Å²) in [6, 6.07) is 0. The Bertz CT molecular complexity index is 166. The second-order valence-electron chi connectivity index (χ2n) is 5.68. The Kier molecular flexibility index (Phi) is 4.69. The Morgan fingerprint density at radius 2 is 1.79 bits per heavy atom. The van der Waals surface area contributed by atoms with Crippen LogP contribution in [0, 0.1) is 5.41 Å². The van der Waals surface area contributed by atoms with Crippen LogP contribution in [0.3, 0.4) is 0 Å². The van der Waals surface area contributed by atoms with Gasteiger partial charge < -0.3 is 4.74 Å². The fourth-order valence-electron chi connectivity index (χ4n) is 1.91. The molecule has 0 spiro atoms. The van der Waals surface area contributed by atoms with Crippen LogP contribution < -0.4 is 0 Å². The fraction of sp³-hybridized carbons (Fsp3) is 1.00. The van der Waals surface area contributed by atoms with Gasteiger partial charge in [-0.2, -0.15) is 0 Å². The van der Waals surface area contributed by atoms with E-state index in [1.54, 1.807) is 0 Å². The quantitative estimate of drug-likeness (QED) is 0.559. The van der Waals surface area contributed by atoms with Crippen molar-refractivity contribution in [2.75, 3.05) is 11.0 Å². The van der Waals surface area contributed by atoms with E-state index in [0.29, 0.717) is 5.41 Å². The van der Waals surface area contributed by atoms with Gasteiger partial charge in [0.05, 0.1) is 5.60 Å². The molecule has 1 aliphatic carbocycles. The molecule has 1 fully saturated rings. The van der Waals surface area contributed by atoms with Crippen LogP contribution in [0.25, 0.3) is 0 Å². The lowest BCUT2D eigenvalue weighted by atomic mass is 9.93. The highest BCUT2D eigenvalue weighted by Crippen LogP contribution is 2.35. The summed E-state index contributed by atoms with van der Waals surface area (Å²) in [5.74, 6) is 0. The van der Waals surface area contributed by atoms with Gasteiger partial charge in [0.1, 0.15) is 0 Å². The molecule has 0 atom stereocenters. The molecule has 0 unspecified atom stereocenters. The predicted molar refractivity (Wildman–Crippen MR) is 70.1 cm³/mol. The highest BCUT2D eigenvalue weighted by molar-refractivity contribution is 14.1. The van der Waals surface area contributed by atoms with E-state index in [1.165, 1.54) is 32.1 Å². The number of alkyl halides is 1. The smallest absolute Gasteiger partial charge is 0.0771 e. The molecule has 0 saturated heterocycles. The summed E-state index contributed by atoms with van der Waals surface area (Å²) in [7, 11) is 0. The molecule has 0 bridgehead atoms. The van der Waals surface area contributed by atoms with Crippen LogP contribution >= 0.6 is 22.6 Å². The highest BCUT2D eigenvalue weighted by atomic mass is 127. The largest absolute Gasteiger partial charge is 0.374 e. The number of halogens is 1. The van der Waals surface area contributed by atoms with Crippen LogP contribution in [0.1, 0.15) is 52.9 Å². The molecule has 2 heteroatoms. The summed E-state index contributed by atoms with van der Waals surface area (Å²) < 4.78 is 7.27. The molecule has 0 heterocycles. The lowest BCUT2D eigenvalue weighted by Crippen LogP contribution is -2.32. The summed E-state index contributed by atoms with van der Waals surface area (Å²) >= 11 is 2.48. The van der Waals surface area contributed by atoms with E-state index in [4.69, 9.17) is 4.74 Å². The summed E-state index contributed by atoms with van der Waals surface area (Å²) in [6.07, 6.45) is 6.45. The Morgan fingerprint density at radius 1 is 1.21 bits per heavy atom. The third-order valence-electron chi connectivity index (χ3n) is 3.02. The topological polar surface area (TPSA) is 9.23 Å². The Labute approximate surface area is 102 Å². The van der Waals surface area contributed by atoms with E-state index in [2.05, 4.69) is 43.4 Å². The Morgan fingerprint density at radius 3 is 2.21 bits per heavy atom. The first-order valence-electron chi connectivity index (χ1n) is 5.67. The molecule has 0 aromatic carbocycles. The van der Waals surface area contributed by atoms with Crippen LogP contribution in [0.4, 0.5) is 0 Å². The summed E-state index contributed by atoms with van der Waals surface area (Å²) in [6.45, 7) is 7.78. The fourth-order valence-corrected chi connectivity index (χ4v) is 2.89. The summed E-state index contributed by atoms with van der Waals surface area (Å²) in [5.41, 5.74) is 0.650. The third-order valence-corrected chi connectivity index (χ3v) is 4.41. The van der Waals surface area contributed by atoms with Crippen molar-refractivity contribution in [2.45, 2.75) is 58.5 Å². The minimum absolute atomic E-state index is 0.242. The molecule has 14 heavy (non-hydrogen) atoms. The van der Waals surface area contributed by atoms with Crippen molar-refractivity contribution in [2.24, 2.45) is 5.41 Å². The van der Waals surface area contributed by atoms with Crippen LogP contribution in [0.5, 0.6) is 0 Å². The number of rotatable bonds is 4. The van der Waals surface area contributed by atoms with E-state index < -0.39 is 0 Å². The first-order chi connectivity index (χ1) is 6.47. The maximum Gasteiger partial charge on any atom is 0.0771 e. The Hall–Kier alpha value is 0.690. The molecule has 1 aliphatic rings. The molecule has 84 valence electrons.